The molecular formula is C16H25N3O2. The summed E-state index contributed by atoms with van der Waals surface area (Å²) >= 11 is 0. The third kappa shape index (κ3) is 4.03. The van der Waals surface area contributed by atoms with Gasteiger partial charge in [0.15, 0.2) is 17.5 Å². The largest absolute Gasteiger partial charge is 0.493 e. The Balaban J connectivity index is 2.09. The number of guanidine groups is 1. The fourth-order valence-corrected chi connectivity index (χ4v) is 2.26. The van der Waals surface area contributed by atoms with Crippen molar-refractivity contribution in [1.29, 1.82) is 0 Å². The molecular weight excluding hydrogens is 266 g/mol. The van der Waals surface area contributed by atoms with Crippen LogP contribution in [-0.4, -0.2) is 32.8 Å². The van der Waals surface area contributed by atoms with Crippen molar-refractivity contribution in [1.82, 2.24) is 10.6 Å². The first-order chi connectivity index (χ1) is 10.2. The number of hydrogen-bond acceptors (Lipinski definition) is 3. The highest BCUT2D eigenvalue weighted by Gasteiger charge is 2.33. The molecule has 0 aromatic heterocycles. The molecule has 2 N–H and O–H groups in total. The van der Waals surface area contributed by atoms with Crippen molar-refractivity contribution >= 4 is 5.96 Å². The van der Waals surface area contributed by atoms with Crippen LogP contribution < -0.4 is 20.1 Å². The summed E-state index contributed by atoms with van der Waals surface area (Å²) in [5.74, 6) is 3.08. The molecule has 116 valence electrons. The standard InChI is InChI=1S/C16H25N3O2/c1-5-17-16(19-13-9-11(13)2)18-10-12-7-6-8-14(20-3)15(12)21-4/h6-8,11,13H,5,9-10H2,1-4H3,(H2,17,18,19). The van der Waals surface area contributed by atoms with E-state index in [1.807, 2.05) is 18.2 Å². The molecule has 1 aromatic carbocycles. The number of benzene rings is 1. The van der Waals surface area contributed by atoms with Crippen LogP contribution in [0.3, 0.4) is 0 Å². The van der Waals surface area contributed by atoms with Crippen LogP contribution in [0.2, 0.25) is 0 Å². The minimum absolute atomic E-state index is 0.551. The molecule has 0 aliphatic heterocycles. The van der Waals surface area contributed by atoms with Crippen molar-refractivity contribution in [2.24, 2.45) is 10.9 Å². The normalized spacial score (nSPS) is 20.9. The van der Waals surface area contributed by atoms with Crippen molar-refractivity contribution in [3.05, 3.63) is 23.8 Å². The zero-order chi connectivity index (χ0) is 15.2. The molecule has 5 heteroatoms. The second-order valence-corrected chi connectivity index (χ2v) is 5.31. The van der Waals surface area contributed by atoms with Crippen molar-refractivity contribution in [3.8, 4) is 11.5 Å². The van der Waals surface area contributed by atoms with Gasteiger partial charge < -0.3 is 20.1 Å². The van der Waals surface area contributed by atoms with Gasteiger partial charge in [-0.2, -0.15) is 0 Å². The predicted molar refractivity (Wildman–Crippen MR) is 85.1 cm³/mol. The van der Waals surface area contributed by atoms with E-state index in [2.05, 4.69) is 29.5 Å². The van der Waals surface area contributed by atoms with Gasteiger partial charge in [-0.3, -0.25) is 0 Å². The van der Waals surface area contributed by atoms with E-state index in [0.29, 0.717) is 12.6 Å². The maximum Gasteiger partial charge on any atom is 0.191 e. The third-order valence-corrected chi connectivity index (χ3v) is 3.67. The number of nitrogens with zero attached hydrogens (tertiary/aromatic N) is 1. The molecule has 0 saturated heterocycles. The maximum atomic E-state index is 5.44. The first kappa shape index (κ1) is 15.5. The molecule has 2 unspecified atom stereocenters. The van der Waals surface area contributed by atoms with Crippen molar-refractivity contribution in [2.75, 3.05) is 20.8 Å². The van der Waals surface area contributed by atoms with E-state index in [1.54, 1.807) is 14.2 Å². The summed E-state index contributed by atoms with van der Waals surface area (Å²) in [5.41, 5.74) is 1.01. The Morgan fingerprint density at radius 2 is 2.10 bits per heavy atom. The zero-order valence-electron chi connectivity index (χ0n) is 13.3. The predicted octanol–water partition coefficient (Wildman–Crippen LogP) is 2.17. The average Bonchev–Trinajstić information content (AvgIpc) is 3.19. The molecule has 0 radical (unpaired) electrons. The number of methoxy groups -OCH3 is 2. The molecule has 0 amide bonds. The fourth-order valence-electron chi connectivity index (χ4n) is 2.26. The molecule has 1 aliphatic rings. The Morgan fingerprint density at radius 1 is 1.33 bits per heavy atom. The summed E-state index contributed by atoms with van der Waals surface area (Å²) in [6.07, 6.45) is 1.22. The molecule has 1 aliphatic carbocycles. The highest BCUT2D eigenvalue weighted by molar-refractivity contribution is 5.80. The number of nitrogens with one attached hydrogen (secondary N) is 2. The third-order valence-electron chi connectivity index (χ3n) is 3.67. The number of para-hydroxylation sites is 1. The molecule has 1 aromatic rings. The van der Waals surface area contributed by atoms with E-state index in [1.165, 1.54) is 6.42 Å². The van der Waals surface area contributed by atoms with Gasteiger partial charge in [-0.05, 0) is 25.3 Å². The second kappa shape index (κ2) is 7.20. The van der Waals surface area contributed by atoms with Crippen LogP contribution in [-0.2, 0) is 6.54 Å². The summed E-state index contributed by atoms with van der Waals surface area (Å²) in [7, 11) is 3.30. The highest BCUT2D eigenvalue weighted by atomic mass is 16.5. The van der Waals surface area contributed by atoms with Gasteiger partial charge in [0.2, 0.25) is 0 Å². The maximum absolute atomic E-state index is 5.44. The van der Waals surface area contributed by atoms with Gasteiger partial charge in [0.1, 0.15) is 0 Å². The fraction of sp³-hybridized carbons (Fsp3) is 0.562. The lowest BCUT2D eigenvalue weighted by molar-refractivity contribution is 0.352. The quantitative estimate of drug-likeness (QED) is 0.623. The van der Waals surface area contributed by atoms with E-state index in [0.717, 1.165) is 35.5 Å². The lowest BCUT2D eigenvalue weighted by atomic mass is 10.2. The van der Waals surface area contributed by atoms with Gasteiger partial charge in [-0.25, -0.2) is 4.99 Å². The van der Waals surface area contributed by atoms with E-state index < -0.39 is 0 Å². The van der Waals surface area contributed by atoms with Gasteiger partial charge in [-0.1, -0.05) is 19.1 Å². The molecule has 5 nitrogen and oxygen atoms in total. The van der Waals surface area contributed by atoms with Crippen LogP contribution >= 0.6 is 0 Å². The van der Waals surface area contributed by atoms with Crippen LogP contribution in [0.5, 0.6) is 11.5 Å². The number of ether oxygens (including phenoxy) is 2. The number of aliphatic imine (C=N–C) groups is 1. The highest BCUT2D eigenvalue weighted by Crippen LogP contribution is 2.31. The lowest BCUT2D eigenvalue weighted by Gasteiger charge is -2.13. The second-order valence-electron chi connectivity index (χ2n) is 5.31. The minimum atomic E-state index is 0.551. The SMILES string of the molecule is CCNC(=NCc1cccc(OC)c1OC)NC1CC1C. The topological polar surface area (TPSA) is 54.9 Å². The van der Waals surface area contributed by atoms with Crippen molar-refractivity contribution < 1.29 is 9.47 Å². The lowest BCUT2D eigenvalue weighted by Crippen LogP contribution is -2.39. The Labute approximate surface area is 126 Å². The Bertz CT molecular complexity index is 502. The molecule has 21 heavy (non-hydrogen) atoms. The van der Waals surface area contributed by atoms with Gasteiger partial charge in [0, 0.05) is 18.2 Å². The summed E-state index contributed by atoms with van der Waals surface area (Å²) in [6.45, 7) is 5.71. The van der Waals surface area contributed by atoms with Crippen molar-refractivity contribution in [3.63, 3.8) is 0 Å². The Kier molecular flexibility index (Phi) is 5.31. The van der Waals surface area contributed by atoms with Gasteiger partial charge >= 0.3 is 0 Å². The monoisotopic (exact) mass is 291 g/mol. The summed E-state index contributed by atoms with van der Waals surface area (Å²) in [6, 6.07) is 6.40. The summed E-state index contributed by atoms with van der Waals surface area (Å²) in [5, 5.41) is 6.72. The van der Waals surface area contributed by atoms with E-state index >= 15 is 0 Å². The van der Waals surface area contributed by atoms with Crippen LogP contribution in [0.4, 0.5) is 0 Å². The van der Waals surface area contributed by atoms with E-state index in [4.69, 9.17) is 9.47 Å². The van der Waals surface area contributed by atoms with Crippen LogP contribution in [0.25, 0.3) is 0 Å². The van der Waals surface area contributed by atoms with E-state index in [9.17, 15) is 0 Å². The molecule has 1 saturated carbocycles. The Hall–Kier alpha value is -1.91. The molecule has 1 fully saturated rings. The first-order valence-electron chi connectivity index (χ1n) is 7.44. The number of rotatable bonds is 6. The van der Waals surface area contributed by atoms with Crippen LogP contribution in [0.1, 0.15) is 25.8 Å². The molecule has 0 heterocycles. The zero-order valence-corrected chi connectivity index (χ0v) is 13.3. The smallest absolute Gasteiger partial charge is 0.191 e. The molecule has 2 rings (SSSR count). The first-order valence-corrected chi connectivity index (χ1v) is 7.44. The van der Waals surface area contributed by atoms with Crippen molar-refractivity contribution in [2.45, 2.75) is 32.9 Å². The summed E-state index contributed by atoms with van der Waals surface area (Å²) in [4.78, 5) is 4.64. The average molecular weight is 291 g/mol. The Morgan fingerprint density at radius 3 is 2.67 bits per heavy atom. The molecule has 0 bridgehead atoms. The van der Waals surface area contributed by atoms with E-state index in [-0.39, 0.29) is 0 Å². The van der Waals surface area contributed by atoms with Crippen LogP contribution in [0, 0.1) is 5.92 Å². The molecule has 2 atom stereocenters. The molecule has 0 spiro atoms. The van der Waals surface area contributed by atoms with Gasteiger partial charge in [0.25, 0.3) is 0 Å². The summed E-state index contributed by atoms with van der Waals surface area (Å²) < 4.78 is 10.8. The minimum Gasteiger partial charge on any atom is -0.493 e. The van der Waals surface area contributed by atoms with Crippen LogP contribution in [0.15, 0.2) is 23.2 Å². The number of hydrogen-bond donors (Lipinski definition) is 2. The van der Waals surface area contributed by atoms with Gasteiger partial charge in [0.05, 0.1) is 20.8 Å². The van der Waals surface area contributed by atoms with Gasteiger partial charge in [-0.15, -0.1) is 0 Å².